The van der Waals surface area contributed by atoms with Gasteiger partial charge in [0.2, 0.25) is 5.91 Å². The zero-order valence-corrected chi connectivity index (χ0v) is 21.0. The molecule has 0 aromatic heterocycles. The number of carbonyl (C=O) groups is 4. The molecule has 3 amide bonds. The molecule has 0 aliphatic carbocycles. The predicted octanol–water partition coefficient (Wildman–Crippen LogP) is 4.01. The number of carbonyl (C=O) groups excluding carboxylic acids is 4. The van der Waals surface area contributed by atoms with Crippen molar-refractivity contribution >= 4 is 29.2 Å². The van der Waals surface area contributed by atoms with Gasteiger partial charge in [-0.3, -0.25) is 24.6 Å². The molecule has 2 atom stereocenters. The summed E-state index contributed by atoms with van der Waals surface area (Å²) < 4.78 is 5.09. The monoisotopic (exact) mass is 499 g/mol. The van der Waals surface area contributed by atoms with Gasteiger partial charge in [-0.05, 0) is 55.3 Å². The molecule has 0 spiro atoms. The van der Waals surface area contributed by atoms with Gasteiger partial charge in [0, 0.05) is 24.0 Å². The van der Waals surface area contributed by atoms with Gasteiger partial charge in [-0.15, -0.1) is 0 Å². The van der Waals surface area contributed by atoms with Crippen LogP contribution in [0, 0.1) is 0 Å². The third-order valence-corrected chi connectivity index (χ3v) is 6.44. The number of nitrogens with zero attached hydrogens (tertiary/aromatic N) is 1. The van der Waals surface area contributed by atoms with Gasteiger partial charge in [-0.25, -0.2) is 5.01 Å². The van der Waals surface area contributed by atoms with Crippen LogP contribution in [0.15, 0.2) is 72.8 Å². The first-order valence-corrected chi connectivity index (χ1v) is 12.1. The molecule has 0 saturated heterocycles. The van der Waals surface area contributed by atoms with Gasteiger partial charge in [0.15, 0.2) is 5.78 Å². The molecule has 0 fully saturated rings. The Bertz CT molecular complexity index is 1340. The molecule has 8 heteroatoms. The summed E-state index contributed by atoms with van der Waals surface area (Å²) in [6.07, 6.45) is -0.0689. The predicted molar refractivity (Wildman–Crippen MR) is 140 cm³/mol. The number of fused-ring (bicyclic) bond motifs is 3. The third kappa shape index (κ3) is 5.53. The van der Waals surface area contributed by atoms with E-state index in [0.29, 0.717) is 17.0 Å². The maximum Gasteiger partial charge on any atom is 0.261 e. The number of nitrogens with one attached hydrogen (secondary N) is 2. The minimum absolute atomic E-state index is 0.000259. The first-order valence-electron chi connectivity index (χ1n) is 12.1. The van der Waals surface area contributed by atoms with Crippen molar-refractivity contribution in [2.75, 3.05) is 12.1 Å². The van der Waals surface area contributed by atoms with Crippen molar-refractivity contribution < 1.29 is 23.9 Å². The van der Waals surface area contributed by atoms with Crippen molar-refractivity contribution in [1.29, 1.82) is 0 Å². The van der Waals surface area contributed by atoms with Crippen molar-refractivity contribution in [2.45, 2.75) is 38.6 Å². The average Bonchev–Trinajstić information content (AvgIpc) is 3.01. The van der Waals surface area contributed by atoms with Crippen LogP contribution in [0.4, 0.5) is 5.69 Å². The lowest BCUT2D eigenvalue weighted by Gasteiger charge is -2.27. The fourth-order valence-corrected chi connectivity index (χ4v) is 4.31. The van der Waals surface area contributed by atoms with Crippen LogP contribution in [-0.4, -0.2) is 36.7 Å². The topological polar surface area (TPSA) is 105 Å². The molecular weight excluding hydrogens is 470 g/mol. The number of para-hydroxylation sites is 1. The van der Waals surface area contributed by atoms with Crippen molar-refractivity contribution in [1.82, 2.24) is 10.7 Å². The van der Waals surface area contributed by atoms with E-state index in [2.05, 4.69) is 10.7 Å². The van der Waals surface area contributed by atoms with Crippen LogP contribution in [0.5, 0.6) is 5.75 Å². The Morgan fingerprint density at radius 3 is 2.27 bits per heavy atom. The van der Waals surface area contributed by atoms with Crippen LogP contribution in [0.3, 0.4) is 0 Å². The largest absolute Gasteiger partial charge is 0.497 e. The van der Waals surface area contributed by atoms with Crippen LogP contribution < -0.4 is 20.5 Å². The van der Waals surface area contributed by atoms with Gasteiger partial charge >= 0.3 is 0 Å². The van der Waals surface area contributed by atoms with Gasteiger partial charge in [-0.1, -0.05) is 42.5 Å². The summed E-state index contributed by atoms with van der Waals surface area (Å²) in [6.45, 7) is 3.34. The number of Topliss-reactive ketones (excluding diaryl/α,β-unsaturated/α-hetero) is 1. The summed E-state index contributed by atoms with van der Waals surface area (Å²) in [5.41, 5.74) is 6.35. The Morgan fingerprint density at radius 1 is 0.919 bits per heavy atom. The smallest absolute Gasteiger partial charge is 0.261 e. The number of benzene rings is 3. The van der Waals surface area contributed by atoms with E-state index in [0.717, 1.165) is 16.7 Å². The Morgan fingerprint density at radius 2 is 1.57 bits per heavy atom. The number of anilines is 1. The molecule has 0 bridgehead atoms. The third-order valence-electron chi connectivity index (χ3n) is 6.44. The second-order valence-electron chi connectivity index (χ2n) is 8.92. The molecule has 0 radical (unpaired) electrons. The molecule has 0 saturated carbocycles. The van der Waals surface area contributed by atoms with Crippen LogP contribution in [0.2, 0.25) is 0 Å². The fraction of sp³-hybridized carbons (Fsp3) is 0.241. The molecule has 37 heavy (non-hydrogen) atoms. The Hall–Kier alpha value is -4.46. The van der Waals surface area contributed by atoms with Crippen molar-refractivity contribution in [3.63, 3.8) is 0 Å². The molecule has 1 aliphatic heterocycles. The summed E-state index contributed by atoms with van der Waals surface area (Å²) in [5, 5.41) is 3.88. The molecule has 190 valence electrons. The van der Waals surface area contributed by atoms with Crippen LogP contribution in [-0.2, 0) is 14.4 Å². The highest BCUT2D eigenvalue weighted by molar-refractivity contribution is 6.07. The number of methoxy groups -OCH3 is 1. The maximum atomic E-state index is 13.4. The molecule has 4 rings (SSSR count). The molecule has 2 N–H and O–H groups in total. The van der Waals surface area contributed by atoms with E-state index in [1.165, 1.54) is 11.9 Å². The molecule has 1 aliphatic rings. The standard InChI is InChI=1S/C29H29N3O5/c1-18-22-8-4-5-9-23(22)24-10-6-7-11-25(24)32(29(18)36)31-28(35)19(2)30-27(34)17-16-26(33)20-12-14-21(37-3)15-13-20/h4-15,18-19H,16-17H2,1-3H3,(H,30,34)(H,31,35)/t18?,19-/m0/s1. The first-order chi connectivity index (χ1) is 17.8. The lowest BCUT2D eigenvalue weighted by molar-refractivity contribution is -0.130. The first kappa shape index (κ1) is 25.6. The van der Waals surface area contributed by atoms with E-state index in [4.69, 9.17) is 4.74 Å². The number of hydrazine groups is 1. The summed E-state index contributed by atoms with van der Waals surface area (Å²) in [6, 6.07) is 20.8. The molecule has 3 aromatic carbocycles. The number of rotatable bonds is 8. The minimum atomic E-state index is -0.926. The quantitative estimate of drug-likeness (QED) is 0.456. The van der Waals surface area contributed by atoms with Gasteiger partial charge in [-0.2, -0.15) is 0 Å². The number of ether oxygens (including phenoxy) is 1. The number of hydrogen-bond acceptors (Lipinski definition) is 5. The summed E-state index contributed by atoms with van der Waals surface area (Å²) in [7, 11) is 1.54. The van der Waals surface area contributed by atoms with E-state index >= 15 is 0 Å². The Kier molecular flexibility index (Phi) is 7.67. The highest BCUT2D eigenvalue weighted by Crippen LogP contribution is 2.39. The minimum Gasteiger partial charge on any atom is -0.497 e. The van der Waals surface area contributed by atoms with Gasteiger partial charge in [0.1, 0.15) is 11.8 Å². The van der Waals surface area contributed by atoms with Gasteiger partial charge in [0.05, 0.1) is 18.7 Å². The number of amides is 3. The zero-order chi connectivity index (χ0) is 26.5. The average molecular weight is 500 g/mol. The van der Waals surface area contributed by atoms with Gasteiger partial charge in [0.25, 0.3) is 11.8 Å². The lowest BCUT2D eigenvalue weighted by atomic mass is 9.92. The highest BCUT2D eigenvalue weighted by atomic mass is 16.5. The van der Waals surface area contributed by atoms with Gasteiger partial charge < -0.3 is 10.1 Å². The second kappa shape index (κ2) is 11.1. The normalized spacial score (nSPS) is 15.1. The van der Waals surface area contributed by atoms with E-state index in [9.17, 15) is 19.2 Å². The Labute approximate surface area is 215 Å². The van der Waals surface area contributed by atoms with Crippen LogP contribution in [0.25, 0.3) is 11.1 Å². The fourth-order valence-electron chi connectivity index (χ4n) is 4.31. The molecule has 3 aromatic rings. The summed E-state index contributed by atoms with van der Waals surface area (Å²) >= 11 is 0. The van der Waals surface area contributed by atoms with Crippen molar-refractivity contribution in [2.24, 2.45) is 0 Å². The van der Waals surface area contributed by atoms with E-state index in [1.807, 2.05) is 36.4 Å². The highest BCUT2D eigenvalue weighted by Gasteiger charge is 2.33. The van der Waals surface area contributed by atoms with Crippen molar-refractivity contribution in [3.8, 4) is 16.9 Å². The molecular formula is C29H29N3O5. The van der Waals surface area contributed by atoms with E-state index in [1.54, 1.807) is 50.4 Å². The van der Waals surface area contributed by atoms with E-state index < -0.39 is 23.8 Å². The summed E-state index contributed by atoms with van der Waals surface area (Å²) in [5.74, 6) is -1.30. The maximum absolute atomic E-state index is 13.4. The lowest BCUT2D eigenvalue weighted by Crippen LogP contribution is -2.54. The number of hydrogen-bond donors (Lipinski definition) is 2. The zero-order valence-electron chi connectivity index (χ0n) is 21.0. The SMILES string of the molecule is COc1ccc(C(=O)CCC(=O)N[C@@H](C)C(=O)NN2C(=O)C(C)c3ccccc3-c3ccccc32)cc1. The molecule has 1 heterocycles. The van der Waals surface area contributed by atoms with Crippen LogP contribution >= 0.6 is 0 Å². The van der Waals surface area contributed by atoms with Crippen LogP contribution in [0.1, 0.15) is 48.5 Å². The second-order valence-corrected chi connectivity index (χ2v) is 8.92. The Balaban J connectivity index is 1.40. The number of ketones is 1. The van der Waals surface area contributed by atoms with E-state index in [-0.39, 0.29) is 24.5 Å². The van der Waals surface area contributed by atoms with Crippen molar-refractivity contribution in [3.05, 3.63) is 83.9 Å². The summed E-state index contributed by atoms with van der Waals surface area (Å²) in [4.78, 5) is 51.3. The molecule has 1 unspecified atom stereocenters. The molecule has 8 nitrogen and oxygen atoms in total.